The van der Waals surface area contributed by atoms with Crippen LogP contribution in [0, 0.1) is 0 Å². The molecule has 0 aliphatic rings. The molecular weight excluding hydrogens is 420 g/mol. The maximum absolute atomic E-state index is 12.6. The highest BCUT2D eigenvalue weighted by Crippen LogP contribution is 2.21. The normalized spacial score (nSPS) is 12.2. The number of nitrogens with zero attached hydrogens (tertiary/aromatic N) is 2. The number of primary sulfonamides is 1. The number of ether oxygens (including phenoxy) is 1. The van der Waals surface area contributed by atoms with Crippen molar-refractivity contribution < 1.29 is 17.9 Å². The molecule has 162 valence electrons. The number of nitrogens with one attached hydrogen (secondary N) is 1. The van der Waals surface area contributed by atoms with E-state index in [4.69, 9.17) is 9.88 Å². The monoisotopic (exact) mass is 442 g/mol. The second-order valence-corrected chi connectivity index (χ2v) is 8.25. The molecule has 31 heavy (non-hydrogen) atoms. The highest BCUT2D eigenvalue weighted by atomic mass is 32.2. The van der Waals surface area contributed by atoms with Crippen molar-refractivity contribution >= 4 is 21.6 Å². The van der Waals surface area contributed by atoms with Crippen molar-refractivity contribution in [3.05, 3.63) is 71.0 Å². The van der Waals surface area contributed by atoms with E-state index >= 15 is 0 Å². The minimum absolute atomic E-state index is 0.0699. The van der Waals surface area contributed by atoms with Crippen LogP contribution in [0.25, 0.3) is 11.3 Å². The molecule has 0 aliphatic carbocycles. The van der Waals surface area contributed by atoms with Gasteiger partial charge < -0.3 is 10.1 Å². The topological polar surface area (TPSA) is 133 Å². The maximum atomic E-state index is 12.6. The van der Waals surface area contributed by atoms with E-state index in [-0.39, 0.29) is 4.90 Å². The number of anilines is 1. The van der Waals surface area contributed by atoms with E-state index < -0.39 is 27.5 Å². The molecule has 3 N–H and O–H groups in total. The summed E-state index contributed by atoms with van der Waals surface area (Å²) in [6.07, 6.45) is 0. The molecule has 9 nitrogen and oxygen atoms in total. The van der Waals surface area contributed by atoms with E-state index in [1.165, 1.54) is 30.3 Å². The van der Waals surface area contributed by atoms with Gasteiger partial charge in [-0.15, -0.1) is 0 Å². The molecular formula is C21H22N4O5S. The molecule has 1 heterocycles. The summed E-state index contributed by atoms with van der Waals surface area (Å²) < 4.78 is 29.2. The lowest BCUT2D eigenvalue weighted by molar-refractivity contribution is -0.119. The van der Waals surface area contributed by atoms with Gasteiger partial charge in [0.1, 0.15) is 11.8 Å². The van der Waals surface area contributed by atoms with Crippen molar-refractivity contribution in [1.82, 2.24) is 9.78 Å². The zero-order chi connectivity index (χ0) is 22.6. The smallest absolute Gasteiger partial charge is 0.267 e. The van der Waals surface area contributed by atoms with Crippen molar-refractivity contribution in [3.8, 4) is 17.0 Å². The Morgan fingerprint density at radius 3 is 2.32 bits per heavy atom. The third-order valence-electron chi connectivity index (χ3n) is 4.48. The molecule has 0 fully saturated rings. The molecule has 0 aliphatic heterocycles. The highest BCUT2D eigenvalue weighted by Gasteiger charge is 2.19. The van der Waals surface area contributed by atoms with Crippen LogP contribution in [0.4, 0.5) is 5.69 Å². The third-order valence-corrected chi connectivity index (χ3v) is 5.41. The number of amides is 1. The molecule has 0 saturated heterocycles. The molecule has 0 radical (unpaired) electrons. The molecule has 1 amide bonds. The number of nitrogens with two attached hydrogens (primary N) is 1. The average Bonchev–Trinajstić information content (AvgIpc) is 2.74. The standard InChI is InChI=1S/C21H22N4O5S/c1-3-30-17-8-4-15(5-9-17)19-12-13-20(26)25(24-19)14(2)21(27)23-16-6-10-18(11-7-16)31(22,28)29/h4-14H,3H2,1-2H3,(H,23,27)(H2,22,28,29). The van der Waals surface area contributed by atoms with Gasteiger partial charge in [0, 0.05) is 17.3 Å². The quantitative estimate of drug-likeness (QED) is 0.576. The van der Waals surface area contributed by atoms with Crippen LogP contribution in [0.3, 0.4) is 0 Å². The Labute approximate surface area is 179 Å². The first-order valence-electron chi connectivity index (χ1n) is 9.46. The first-order valence-corrected chi connectivity index (χ1v) is 11.0. The van der Waals surface area contributed by atoms with E-state index in [9.17, 15) is 18.0 Å². The van der Waals surface area contributed by atoms with Gasteiger partial charge in [-0.25, -0.2) is 18.2 Å². The first kappa shape index (κ1) is 22.2. The summed E-state index contributed by atoms with van der Waals surface area (Å²) in [4.78, 5) is 24.9. The van der Waals surface area contributed by atoms with Gasteiger partial charge in [0.25, 0.3) is 5.56 Å². The summed E-state index contributed by atoms with van der Waals surface area (Å²) in [6.45, 7) is 4.00. The van der Waals surface area contributed by atoms with E-state index in [0.717, 1.165) is 16.0 Å². The van der Waals surface area contributed by atoms with Gasteiger partial charge in [-0.1, -0.05) is 0 Å². The predicted molar refractivity (Wildman–Crippen MR) is 116 cm³/mol. The molecule has 10 heteroatoms. The summed E-state index contributed by atoms with van der Waals surface area (Å²) in [5.74, 6) is 0.238. The fourth-order valence-electron chi connectivity index (χ4n) is 2.83. The molecule has 2 aromatic carbocycles. The molecule has 0 saturated carbocycles. The second kappa shape index (κ2) is 9.11. The lowest BCUT2D eigenvalue weighted by atomic mass is 10.1. The molecule has 0 bridgehead atoms. The number of carbonyl (C=O) groups is 1. The van der Waals surface area contributed by atoms with E-state index in [2.05, 4.69) is 10.4 Å². The molecule has 0 spiro atoms. The molecule has 3 rings (SSSR count). The average molecular weight is 442 g/mol. The molecule has 1 atom stereocenters. The number of hydrogen-bond acceptors (Lipinski definition) is 6. The summed E-state index contributed by atoms with van der Waals surface area (Å²) in [7, 11) is -3.83. The maximum Gasteiger partial charge on any atom is 0.267 e. The van der Waals surface area contributed by atoms with Gasteiger partial charge in [0.2, 0.25) is 15.9 Å². The van der Waals surface area contributed by atoms with Crippen LogP contribution in [0.1, 0.15) is 19.9 Å². The van der Waals surface area contributed by atoms with Crippen LogP contribution in [-0.4, -0.2) is 30.7 Å². The Bertz CT molecular complexity index is 1240. The van der Waals surface area contributed by atoms with Crippen LogP contribution >= 0.6 is 0 Å². The molecule has 1 aromatic heterocycles. The Morgan fingerprint density at radius 1 is 1.10 bits per heavy atom. The number of benzene rings is 2. The fraction of sp³-hybridized carbons (Fsp3) is 0.190. The van der Waals surface area contributed by atoms with E-state index in [0.29, 0.717) is 18.0 Å². The zero-order valence-electron chi connectivity index (χ0n) is 17.0. The van der Waals surface area contributed by atoms with Gasteiger partial charge in [-0.05, 0) is 68.4 Å². The third kappa shape index (κ3) is 5.36. The van der Waals surface area contributed by atoms with Crippen LogP contribution in [0.2, 0.25) is 0 Å². The largest absolute Gasteiger partial charge is 0.494 e. The van der Waals surface area contributed by atoms with Crippen molar-refractivity contribution in [2.45, 2.75) is 24.8 Å². The van der Waals surface area contributed by atoms with Gasteiger partial charge in [0.05, 0.1) is 17.2 Å². The Balaban J connectivity index is 1.80. The number of aromatic nitrogens is 2. The highest BCUT2D eigenvalue weighted by molar-refractivity contribution is 7.89. The Hall–Kier alpha value is -3.50. The minimum Gasteiger partial charge on any atom is -0.494 e. The number of hydrogen-bond donors (Lipinski definition) is 2. The lowest BCUT2D eigenvalue weighted by Crippen LogP contribution is -2.33. The van der Waals surface area contributed by atoms with Crippen LogP contribution in [-0.2, 0) is 14.8 Å². The van der Waals surface area contributed by atoms with Gasteiger partial charge in [-0.2, -0.15) is 5.10 Å². The van der Waals surface area contributed by atoms with Gasteiger partial charge in [-0.3, -0.25) is 9.59 Å². The number of rotatable bonds is 7. The van der Waals surface area contributed by atoms with Crippen molar-refractivity contribution in [1.29, 1.82) is 0 Å². The lowest BCUT2D eigenvalue weighted by Gasteiger charge is -2.15. The molecule has 1 unspecified atom stereocenters. The van der Waals surface area contributed by atoms with Crippen molar-refractivity contribution in [2.75, 3.05) is 11.9 Å². The summed E-state index contributed by atoms with van der Waals surface area (Å²) >= 11 is 0. The fourth-order valence-corrected chi connectivity index (χ4v) is 3.35. The number of sulfonamides is 1. The second-order valence-electron chi connectivity index (χ2n) is 6.69. The Kier molecular flexibility index (Phi) is 6.52. The van der Waals surface area contributed by atoms with Crippen LogP contribution in [0.5, 0.6) is 5.75 Å². The SMILES string of the molecule is CCOc1ccc(-c2ccc(=O)n(C(C)C(=O)Nc3ccc(S(N)(=O)=O)cc3)n2)cc1. The zero-order valence-corrected chi connectivity index (χ0v) is 17.8. The Morgan fingerprint density at radius 2 is 1.74 bits per heavy atom. The first-order chi connectivity index (χ1) is 14.7. The van der Waals surface area contributed by atoms with Gasteiger partial charge in [0.15, 0.2) is 0 Å². The summed E-state index contributed by atoms with van der Waals surface area (Å²) in [5, 5.41) is 12.0. The summed E-state index contributed by atoms with van der Waals surface area (Å²) in [6, 6.07) is 14.7. The summed E-state index contributed by atoms with van der Waals surface area (Å²) in [5.41, 5.74) is 1.23. The van der Waals surface area contributed by atoms with Crippen molar-refractivity contribution in [3.63, 3.8) is 0 Å². The minimum atomic E-state index is -3.83. The van der Waals surface area contributed by atoms with E-state index in [1.54, 1.807) is 25.1 Å². The predicted octanol–water partition coefficient (Wildman–Crippen LogP) is 2.16. The van der Waals surface area contributed by atoms with E-state index in [1.807, 2.05) is 19.1 Å². The van der Waals surface area contributed by atoms with Crippen molar-refractivity contribution in [2.24, 2.45) is 5.14 Å². The van der Waals surface area contributed by atoms with Gasteiger partial charge >= 0.3 is 0 Å². The van der Waals surface area contributed by atoms with Crippen LogP contribution in [0.15, 0.2) is 70.4 Å². The van der Waals surface area contributed by atoms with Crippen LogP contribution < -0.4 is 20.8 Å². The number of carbonyl (C=O) groups excluding carboxylic acids is 1. The molecule has 3 aromatic rings.